The van der Waals surface area contributed by atoms with Crippen LogP contribution in [-0.4, -0.2) is 58.6 Å². The second-order valence-electron chi connectivity index (χ2n) is 13.3. The number of aryl methyl sites for hydroxylation is 2. The molecule has 0 amide bonds. The van der Waals surface area contributed by atoms with Crippen LogP contribution in [0, 0.1) is 13.8 Å². The smallest absolute Gasteiger partial charge is 0.277 e. The van der Waals surface area contributed by atoms with Crippen molar-refractivity contribution in [1.29, 1.82) is 0 Å². The second kappa shape index (κ2) is 10.8. The van der Waals surface area contributed by atoms with Crippen molar-refractivity contribution in [2.75, 3.05) is 11.5 Å². The van der Waals surface area contributed by atoms with Gasteiger partial charge in [-0.2, -0.15) is 0 Å². The summed E-state index contributed by atoms with van der Waals surface area (Å²) in [5.41, 5.74) is 2.90. The van der Waals surface area contributed by atoms with Gasteiger partial charge in [0.05, 0.1) is 31.7 Å². The van der Waals surface area contributed by atoms with E-state index in [-0.39, 0.29) is 22.6 Å². The van der Waals surface area contributed by atoms with E-state index < -0.39 is 41.8 Å². The highest BCUT2D eigenvalue weighted by molar-refractivity contribution is 7.92. The first kappa shape index (κ1) is 33.5. The fourth-order valence-electron chi connectivity index (χ4n) is 6.86. The highest BCUT2D eigenvalue weighted by Crippen LogP contribution is 2.43. The Morgan fingerprint density at radius 1 is 0.696 bits per heavy atom. The number of aromatic nitrogens is 4. The van der Waals surface area contributed by atoms with Crippen molar-refractivity contribution in [2.24, 2.45) is 14.1 Å². The van der Waals surface area contributed by atoms with Crippen molar-refractivity contribution in [3.8, 4) is 0 Å². The topological polar surface area (TPSA) is 161 Å². The van der Waals surface area contributed by atoms with E-state index in [9.17, 15) is 31.2 Å². The molecular weight excluding hydrogens is 649 g/mol. The van der Waals surface area contributed by atoms with E-state index in [1.165, 1.54) is 34.7 Å². The Balaban J connectivity index is 0.000000181. The van der Waals surface area contributed by atoms with E-state index in [1.807, 2.05) is 34.6 Å². The Hall–Kier alpha value is -3.88. The molecule has 244 valence electrons. The lowest BCUT2D eigenvalue weighted by atomic mass is 9.82. The van der Waals surface area contributed by atoms with Gasteiger partial charge in [-0.3, -0.25) is 23.7 Å². The Bertz CT molecular complexity index is 2150. The molecule has 2 aromatic carbocycles. The molecule has 0 saturated heterocycles. The van der Waals surface area contributed by atoms with Gasteiger partial charge in [0.2, 0.25) is 0 Å². The van der Waals surface area contributed by atoms with E-state index in [1.54, 1.807) is 32.3 Å². The first-order chi connectivity index (χ1) is 21.1. The molecule has 2 aromatic heterocycles. The molecule has 2 N–H and O–H groups in total. The summed E-state index contributed by atoms with van der Waals surface area (Å²) in [4.78, 5) is 37.9. The van der Waals surface area contributed by atoms with Gasteiger partial charge in [0.15, 0.2) is 25.5 Å². The third-order valence-electron chi connectivity index (χ3n) is 8.83. The number of carbonyl (C=O) groups excluding carboxylic acids is 1. The average molecular weight is 685 g/mol. The van der Waals surface area contributed by atoms with Gasteiger partial charge in [-0.15, -0.1) is 0 Å². The van der Waals surface area contributed by atoms with E-state index in [0.29, 0.717) is 36.9 Å². The van der Waals surface area contributed by atoms with Gasteiger partial charge in [-0.25, -0.2) is 16.8 Å². The number of H-pyrrole nitrogens is 2. The zero-order valence-corrected chi connectivity index (χ0v) is 29.3. The predicted molar refractivity (Wildman–Crippen MR) is 179 cm³/mol. The van der Waals surface area contributed by atoms with Crippen molar-refractivity contribution in [1.82, 2.24) is 19.6 Å². The highest BCUT2D eigenvalue weighted by Gasteiger charge is 2.43. The molecule has 0 spiro atoms. The van der Waals surface area contributed by atoms with Crippen LogP contribution in [0.2, 0.25) is 0 Å². The summed E-state index contributed by atoms with van der Waals surface area (Å²) >= 11 is 5.50. The van der Waals surface area contributed by atoms with Crippen LogP contribution in [0.3, 0.4) is 0 Å². The van der Waals surface area contributed by atoms with Crippen LogP contribution in [0.25, 0.3) is 0 Å². The Morgan fingerprint density at radius 3 is 1.50 bits per heavy atom. The van der Waals surface area contributed by atoms with E-state index >= 15 is 0 Å². The van der Waals surface area contributed by atoms with E-state index in [2.05, 4.69) is 10.2 Å². The predicted octanol–water partition coefficient (Wildman–Crippen LogP) is 3.17. The summed E-state index contributed by atoms with van der Waals surface area (Å²) in [5.74, 6) is -0.273. The standard InChI is InChI=1S/C16H18N2O4S.C16H18N2O3S2/c1-9-10(14(19)11-7-17-18(4)15(11)20)5-6-12-13(9)16(2,3)8-23(12,21)22;1-9-10(14(22)11-7-17-18(4)15(11)19)5-6-12-13(9)16(2,3)8-23(12,20)21/h2*5-7,17H,8H2,1-4H3. The van der Waals surface area contributed by atoms with Crippen LogP contribution in [0.5, 0.6) is 0 Å². The number of ketones is 1. The summed E-state index contributed by atoms with van der Waals surface area (Å²) < 4.78 is 51.8. The molecule has 0 saturated carbocycles. The maximum Gasteiger partial charge on any atom is 0.277 e. The zero-order valence-electron chi connectivity index (χ0n) is 26.9. The third kappa shape index (κ3) is 5.25. The minimum Gasteiger partial charge on any atom is -0.302 e. The zero-order chi connectivity index (χ0) is 34.3. The van der Waals surface area contributed by atoms with E-state index in [4.69, 9.17) is 12.2 Å². The van der Waals surface area contributed by atoms with Gasteiger partial charge in [0, 0.05) is 42.9 Å². The number of benzene rings is 2. The van der Waals surface area contributed by atoms with Crippen LogP contribution in [0.4, 0.5) is 0 Å². The van der Waals surface area contributed by atoms with E-state index in [0.717, 1.165) is 16.7 Å². The molecule has 0 unspecified atom stereocenters. The number of thiocarbonyl (C=S) groups is 1. The molecule has 0 bridgehead atoms. The number of nitrogens with zero attached hydrogens (tertiary/aromatic N) is 2. The monoisotopic (exact) mass is 684 g/mol. The average Bonchev–Trinajstić information content (AvgIpc) is 3.57. The van der Waals surface area contributed by atoms with Crippen LogP contribution < -0.4 is 11.1 Å². The molecule has 0 radical (unpaired) electrons. The van der Waals surface area contributed by atoms with Crippen LogP contribution >= 0.6 is 12.2 Å². The largest absolute Gasteiger partial charge is 0.302 e. The Labute approximate surface area is 272 Å². The summed E-state index contributed by atoms with van der Waals surface area (Å²) in [5, 5.41) is 5.49. The number of carbonyl (C=O) groups is 1. The SMILES string of the molecule is Cc1c(C(=O)c2c[nH]n(C)c2=O)ccc2c1C(C)(C)CS2(=O)=O.Cc1c(C(=S)c2c[nH]n(C)c2=O)ccc2c1C(C)(C)CS2(=O)=O. The van der Waals surface area contributed by atoms with Gasteiger partial charge in [-0.05, 0) is 59.9 Å². The Morgan fingerprint density at radius 2 is 1.09 bits per heavy atom. The molecule has 0 fully saturated rings. The number of nitrogens with one attached hydrogen (secondary N) is 2. The van der Waals surface area contributed by atoms with Gasteiger partial charge in [-0.1, -0.05) is 46.0 Å². The van der Waals surface area contributed by atoms with Gasteiger partial charge in [0.25, 0.3) is 11.1 Å². The maximum atomic E-state index is 12.7. The van der Waals surface area contributed by atoms with Gasteiger partial charge >= 0.3 is 0 Å². The minimum atomic E-state index is -3.33. The van der Waals surface area contributed by atoms with Crippen LogP contribution in [-0.2, 0) is 44.6 Å². The van der Waals surface area contributed by atoms with Crippen LogP contribution in [0.15, 0.2) is 56.0 Å². The lowest BCUT2D eigenvalue weighted by molar-refractivity contribution is 0.103. The Kier molecular flexibility index (Phi) is 7.89. The molecule has 0 aliphatic carbocycles. The molecule has 6 rings (SSSR count). The minimum absolute atomic E-state index is 0.0275. The first-order valence-electron chi connectivity index (χ1n) is 14.4. The third-order valence-corrected chi connectivity index (χ3v) is 13.5. The number of rotatable bonds is 4. The number of hydrogen-bond donors (Lipinski definition) is 2. The molecule has 2 aliphatic heterocycles. The molecule has 4 aromatic rings. The summed E-state index contributed by atoms with van der Waals surface area (Å²) in [6.07, 6.45) is 2.96. The van der Waals surface area contributed by atoms with Crippen molar-refractivity contribution < 1.29 is 21.6 Å². The molecular formula is C32H36N4O7S3. The van der Waals surface area contributed by atoms with Crippen molar-refractivity contribution in [3.63, 3.8) is 0 Å². The van der Waals surface area contributed by atoms with Crippen molar-refractivity contribution in [3.05, 3.63) is 102 Å². The highest BCUT2D eigenvalue weighted by atomic mass is 32.2. The maximum absolute atomic E-state index is 12.7. The number of fused-ring (bicyclic) bond motifs is 2. The summed E-state index contributed by atoms with van der Waals surface area (Å²) in [6, 6.07) is 6.31. The molecule has 46 heavy (non-hydrogen) atoms. The van der Waals surface area contributed by atoms with Crippen molar-refractivity contribution in [2.45, 2.75) is 62.2 Å². The fourth-order valence-corrected chi connectivity index (χ4v) is 11.8. The number of hydrogen-bond acceptors (Lipinski definition) is 8. The summed E-state index contributed by atoms with van der Waals surface area (Å²) in [6.45, 7) is 11.2. The second-order valence-corrected chi connectivity index (χ2v) is 17.6. The van der Waals surface area contributed by atoms with Gasteiger partial charge in [0.1, 0.15) is 5.56 Å². The van der Waals surface area contributed by atoms with Crippen LogP contribution in [0.1, 0.15) is 77.0 Å². The van der Waals surface area contributed by atoms with Gasteiger partial charge < -0.3 is 10.2 Å². The quantitative estimate of drug-likeness (QED) is 0.245. The summed E-state index contributed by atoms with van der Waals surface area (Å²) in [7, 11) is -3.44. The molecule has 11 nitrogen and oxygen atoms in total. The number of aromatic amines is 2. The lowest BCUT2D eigenvalue weighted by Gasteiger charge is -2.21. The molecule has 4 heterocycles. The normalized spacial score (nSPS) is 17.9. The molecule has 0 atom stereocenters. The van der Waals surface area contributed by atoms with Crippen molar-refractivity contribution >= 4 is 42.5 Å². The fraction of sp³-hybridized carbons (Fsp3) is 0.375. The number of sulfone groups is 2. The first-order valence-corrected chi connectivity index (χ1v) is 18.2. The molecule has 14 heteroatoms. The molecule has 2 aliphatic rings. The lowest BCUT2D eigenvalue weighted by Crippen LogP contribution is -2.22.